The molecule has 0 radical (unpaired) electrons. The van der Waals surface area contributed by atoms with E-state index in [9.17, 15) is 4.79 Å². The Hall–Kier alpha value is -1.82. The van der Waals surface area contributed by atoms with Crippen molar-refractivity contribution in [2.75, 3.05) is 6.61 Å². The van der Waals surface area contributed by atoms with Crippen LogP contribution in [0.4, 0.5) is 0 Å². The normalized spacial score (nSPS) is 10.6. The number of nitrogens with zero attached hydrogens (tertiary/aromatic N) is 3. The first kappa shape index (κ1) is 13.6. The molecule has 0 atom stereocenters. The molecule has 0 unspecified atom stereocenters. The van der Waals surface area contributed by atoms with Crippen molar-refractivity contribution in [3.8, 4) is 0 Å². The quantitative estimate of drug-likeness (QED) is 0.488. The van der Waals surface area contributed by atoms with E-state index in [2.05, 4.69) is 10.1 Å². The molecule has 2 rings (SSSR count). The molecule has 0 N–H and O–H groups in total. The number of carbonyl (C=O) groups is 1. The van der Waals surface area contributed by atoms with Crippen molar-refractivity contribution in [2.45, 2.75) is 19.8 Å². The van der Waals surface area contributed by atoms with Gasteiger partial charge in [-0.3, -0.25) is 9.67 Å². The van der Waals surface area contributed by atoms with Crippen molar-refractivity contribution in [1.29, 1.82) is 0 Å². The Morgan fingerprint density at radius 1 is 1.53 bits per heavy atom. The van der Waals surface area contributed by atoms with Crippen LogP contribution in [0, 0.1) is 4.51 Å². The minimum absolute atomic E-state index is 0.153. The molecule has 2 aromatic rings. The van der Waals surface area contributed by atoms with Gasteiger partial charge in [-0.2, -0.15) is 5.10 Å². The van der Waals surface area contributed by atoms with Crippen molar-refractivity contribution < 1.29 is 9.53 Å². The highest BCUT2D eigenvalue weighted by Crippen LogP contribution is 2.14. The first-order valence-electron chi connectivity index (χ1n) is 6.14. The summed E-state index contributed by atoms with van der Waals surface area (Å²) in [7, 11) is 1.75. The SMILES string of the molecule is CCCCOC(=O)c1nn(C)c2cccnc2c1=S. The number of hydrogen-bond acceptors (Lipinski definition) is 5. The van der Waals surface area contributed by atoms with Crippen LogP contribution in [-0.4, -0.2) is 27.3 Å². The molecule has 0 saturated carbocycles. The van der Waals surface area contributed by atoms with Gasteiger partial charge in [0, 0.05) is 13.2 Å². The van der Waals surface area contributed by atoms with Crippen LogP contribution in [0.5, 0.6) is 0 Å². The zero-order valence-electron chi connectivity index (χ0n) is 10.9. The summed E-state index contributed by atoms with van der Waals surface area (Å²) < 4.78 is 7.08. The topological polar surface area (TPSA) is 57.0 Å². The summed E-state index contributed by atoms with van der Waals surface area (Å²) in [4.78, 5) is 16.2. The molecule has 0 aromatic carbocycles. The fraction of sp³-hybridized carbons (Fsp3) is 0.385. The fourth-order valence-corrected chi connectivity index (χ4v) is 1.99. The predicted octanol–water partition coefficient (Wildman–Crippen LogP) is 2.65. The van der Waals surface area contributed by atoms with Gasteiger partial charge in [0.25, 0.3) is 0 Å². The maximum atomic E-state index is 11.9. The minimum Gasteiger partial charge on any atom is -0.461 e. The molecular formula is C13H15N3O2S. The van der Waals surface area contributed by atoms with Crippen LogP contribution in [0.25, 0.3) is 11.0 Å². The second-order valence-corrected chi connectivity index (χ2v) is 4.57. The van der Waals surface area contributed by atoms with Gasteiger partial charge in [-0.15, -0.1) is 0 Å². The van der Waals surface area contributed by atoms with Gasteiger partial charge in [-0.1, -0.05) is 25.6 Å². The molecule has 0 aliphatic rings. The van der Waals surface area contributed by atoms with E-state index in [1.165, 1.54) is 0 Å². The van der Waals surface area contributed by atoms with E-state index in [0.29, 0.717) is 16.6 Å². The molecule has 2 aromatic heterocycles. The maximum Gasteiger partial charge on any atom is 0.360 e. The van der Waals surface area contributed by atoms with E-state index in [0.717, 1.165) is 18.4 Å². The molecular weight excluding hydrogens is 262 g/mol. The standard InChI is InChI=1S/C13H15N3O2S/c1-3-4-8-18-13(17)11-12(19)10-9(16(2)15-11)6-5-7-14-10/h5-7H,3-4,8H2,1-2H3. The highest BCUT2D eigenvalue weighted by atomic mass is 32.1. The van der Waals surface area contributed by atoms with E-state index in [1.54, 1.807) is 24.0 Å². The monoisotopic (exact) mass is 277 g/mol. The molecule has 0 fully saturated rings. The summed E-state index contributed by atoms with van der Waals surface area (Å²) in [6.07, 6.45) is 3.44. The van der Waals surface area contributed by atoms with Gasteiger partial charge in [0.15, 0.2) is 5.69 Å². The molecule has 0 aliphatic heterocycles. The number of fused-ring (bicyclic) bond motifs is 1. The average molecular weight is 277 g/mol. The van der Waals surface area contributed by atoms with E-state index in [-0.39, 0.29) is 5.69 Å². The lowest BCUT2D eigenvalue weighted by atomic mass is 10.3. The summed E-state index contributed by atoms with van der Waals surface area (Å²) in [5.41, 5.74) is 1.54. The smallest absolute Gasteiger partial charge is 0.360 e. The van der Waals surface area contributed by atoms with E-state index < -0.39 is 5.97 Å². The molecule has 0 bridgehead atoms. The Morgan fingerprint density at radius 3 is 3.05 bits per heavy atom. The number of rotatable bonds is 4. The Morgan fingerprint density at radius 2 is 2.32 bits per heavy atom. The van der Waals surface area contributed by atoms with E-state index in [4.69, 9.17) is 17.0 Å². The first-order chi connectivity index (χ1) is 9.15. The van der Waals surface area contributed by atoms with Crippen molar-refractivity contribution in [2.24, 2.45) is 7.05 Å². The number of hydrogen-bond donors (Lipinski definition) is 0. The molecule has 100 valence electrons. The predicted molar refractivity (Wildman–Crippen MR) is 74.5 cm³/mol. The number of pyridine rings is 1. The van der Waals surface area contributed by atoms with Crippen LogP contribution in [0.2, 0.25) is 0 Å². The zero-order chi connectivity index (χ0) is 13.8. The van der Waals surface area contributed by atoms with Crippen molar-refractivity contribution in [3.63, 3.8) is 0 Å². The average Bonchev–Trinajstić information content (AvgIpc) is 2.43. The largest absolute Gasteiger partial charge is 0.461 e. The van der Waals surface area contributed by atoms with Crippen LogP contribution < -0.4 is 0 Å². The van der Waals surface area contributed by atoms with Crippen molar-refractivity contribution in [3.05, 3.63) is 28.5 Å². The van der Waals surface area contributed by atoms with Gasteiger partial charge < -0.3 is 4.74 Å². The highest BCUT2D eigenvalue weighted by molar-refractivity contribution is 7.71. The van der Waals surface area contributed by atoms with Crippen molar-refractivity contribution in [1.82, 2.24) is 14.8 Å². The number of aromatic nitrogens is 3. The van der Waals surface area contributed by atoms with Crippen LogP contribution >= 0.6 is 12.2 Å². The van der Waals surface area contributed by atoms with E-state index in [1.807, 2.05) is 13.0 Å². The summed E-state index contributed by atoms with van der Waals surface area (Å²) in [6.45, 7) is 2.42. The fourth-order valence-electron chi connectivity index (χ4n) is 1.71. The van der Waals surface area contributed by atoms with Gasteiger partial charge in [-0.25, -0.2) is 4.79 Å². The van der Waals surface area contributed by atoms with Gasteiger partial charge >= 0.3 is 5.97 Å². The number of carbonyl (C=O) groups excluding carboxylic acids is 1. The molecule has 19 heavy (non-hydrogen) atoms. The molecule has 0 amide bonds. The Labute approximate surface area is 116 Å². The molecule has 5 nitrogen and oxygen atoms in total. The van der Waals surface area contributed by atoms with E-state index >= 15 is 0 Å². The second kappa shape index (κ2) is 5.88. The Kier molecular flexibility index (Phi) is 4.21. The lowest BCUT2D eigenvalue weighted by molar-refractivity contribution is 0.0490. The van der Waals surface area contributed by atoms with Crippen LogP contribution in [0.1, 0.15) is 30.3 Å². The molecule has 0 spiro atoms. The van der Waals surface area contributed by atoms with Crippen LogP contribution in [0.15, 0.2) is 18.3 Å². The van der Waals surface area contributed by atoms with Gasteiger partial charge in [0.05, 0.1) is 12.1 Å². The third kappa shape index (κ3) is 2.78. The summed E-state index contributed by atoms with van der Waals surface area (Å²) >= 11 is 5.27. The first-order valence-corrected chi connectivity index (χ1v) is 6.55. The highest BCUT2D eigenvalue weighted by Gasteiger charge is 2.15. The van der Waals surface area contributed by atoms with Crippen LogP contribution in [-0.2, 0) is 11.8 Å². The van der Waals surface area contributed by atoms with Gasteiger partial charge in [0.2, 0.25) is 0 Å². The minimum atomic E-state index is -0.485. The number of esters is 1. The molecule has 6 heteroatoms. The summed E-state index contributed by atoms with van der Waals surface area (Å²) in [5, 5.41) is 4.18. The third-order valence-corrected chi connectivity index (χ3v) is 3.13. The second-order valence-electron chi connectivity index (χ2n) is 4.16. The Balaban J connectivity index is 2.42. The van der Waals surface area contributed by atoms with Gasteiger partial charge in [0.1, 0.15) is 10.0 Å². The lowest BCUT2D eigenvalue weighted by Crippen LogP contribution is -2.14. The molecule has 0 aliphatic carbocycles. The maximum absolute atomic E-state index is 11.9. The van der Waals surface area contributed by atoms with Gasteiger partial charge in [-0.05, 0) is 18.6 Å². The zero-order valence-corrected chi connectivity index (χ0v) is 11.7. The third-order valence-electron chi connectivity index (χ3n) is 2.74. The van der Waals surface area contributed by atoms with Crippen LogP contribution in [0.3, 0.4) is 0 Å². The Bertz CT molecular complexity index is 666. The molecule has 0 saturated heterocycles. The summed E-state index contributed by atoms with van der Waals surface area (Å²) in [6, 6.07) is 3.66. The number of ether oxygens (including phenoxy) is 1. The number of unbranched alkanes of at least 4 members (excludes halogenated alkanes) is 1. The summed E-state index contributed by atoms with van der Waals surface area (Å²) in [5.74, 6) is -0.485. The lowest BCUT2D eigenvalue weighted by Gasteiger charge is -2.08. The molecule has 2 heterocycles. The van der Waals surface area contributed by atoms with Crippen molar-refractivity contribution >= 4 is 29.2 Å². The number of aryl methyl sites for hydroxylation is 1.